The number of benzene rings is 1. The van der Waals surface area contributed by atoms with Gasteiger partial charge in [-0.2, -0.15) is 0 Å². The minimum absolute atomic E-state index is 0.00786. The van der Waals surface area contributed by atoms with Crippen LogP contribution in [0.2, 0.25) is 0 Å². The van der Waals surface area contributed by atoms with Crippen LogP contribution < -0.4 is 14.4 Å². The van der Waals surface area contributed by atoms with Crippen LogP contribution in [0, 0.1) is 0 Å². The van der Waals surface area contributed by atoms with Crippen molar-refractivity contribution in [2.75, 3.05) is 50.2 Å². The molecule has 0 unspecified atom stereocenters. The topological polar surface area (TPSA) is 42.0 Å². The largest absolute Gasteiger partial charge is 0.486 e. The second-order valence-electron chi connectivity index (χ2n) is 4.83. The van der Waals surface area contributed by atoms with E-state index in [1.54, 1.807) is 0 Å². The molecule has 2 heterocycles. The summed E-state index contributed by atoms with van der Waals surface area (Å²) in [6.07, 6.45) is 0. The van der Waals surface area contributed by atoms with Gasteiger partial charge in [0, 0.05) is 37.9 Å². The van der Waals surface area contributed by atoms with Crippen LogP contribution in [0.1, 0.15) is 0 Å². The normalized spacial score (nSPS) is 18.1. The van der Waals surface area contributed by atoms with Crippen LogP contribution in [-0.4, -0.2) is 56.1 Å². The molecule has 20 heavy (non-hydrogen) atoms. The van der Waals surface area contributed by atoms with E-state index in [4.69, 9.17) is 21.1 Å². The predicted molar refractivity (Wildman–Crippen MR) is 76.9 cm³/mol. The van der Waals surface area contributed by atoms with E-state index in [2.05, 4.69) is 4.90 Å². The van der Waals surface area contributed by atoms with Gasteiger partial charge < -0.3 is 19.3 Å². The SMILES string of the molecule is O=C(CCl)N1CCN(c2ccc3c(c2)OCCO3)CC1. The first-order valence-electron chi connectivity index (χ1n) is 6.76. The second-order valence-corrected chi connectivity index (χ2v) is 5.10. The minimum atomic E-state index is 0.00786. The molecule has 3 rings (SSSR count). The number of carbonyl (C=O) groups excluding carboxylic acids is 1. The van der Waals surface area contributed by atoms with E-state index in [0.717, 1.165) is 30.3 Å². The average Bonchev–Trinajstić information content (AvgIpc) is 2.54. The Morgan fingerprint density at radius 3 is 2.50 bits per heavy atom. The summed E-state index contributed by atoms with van der Waals surface area (Å²) in [6, 6.07) is 5.99. The molecule has 108 valence electrons. The van der Waals surface area contributed by atoms with Gasteiger partial charge in [0.15, 0.2) is 11.5 Å². The maximum atomic E-state index is 11.5. The molecular weight excluding hydrogens is 280 g/mol. The molecule has 1 saturated heterocycles. The maximum Gasteiger partial charge on any atom is 0.237 e. The number of carbonyl (C=O) groups is 1. The summed E-state index contributed by atoms with van der Waals surface area (Å²) in [6.45, 7) is 4.23. The Morgan fingerprint density at radius 2 is 1.80 bits per heavy atom. The number of piperazine rings is 1. The summed E-state index contributed by atoms with van der Waals surface area (Å²) in [5.41, 5.74) is 1.10. The van der Waals surface area contributed by atoms with E-state index < -0.39 is 0 Å². The van der Waals surface area contributed by atoms with Crippen LogP contribution in [-0.2, 0) is 4.79 Å². The maximum absolute atomic E-state index is 11.5. The first-order valence-corrected chi connectivity index (χ1v) is 7.30. The van der Waals surface area contributed by atoms with Crippen molar-refractivity contribution in [3.05, 3.63) is 18.2 Å². The third-order valence-corrected chi connectivity index (χ3v) is 3.87. The molecule has 1 fully saturated rings. The Morgan fingerprint density at radius 1 is 1.10 bits per heavy atom. The van der Waals surface area contributed by atoms with Crippen molar-refractivity contribution < 1.29 is 14.3 Å². The van der Waals surface area contributed by atoms with Crippen molar-refractivity contribution in [3.8, 4) is 11.5 Å². The molecule has 0 saturated carbocycles. The van der Waals surface area contributed by atoms with Gasteiger partial charge in [0.1, 0.15) is 19.1 Å². The lowest BCUT2D eigenvalue weighted by molar-refractivity contribution is -0.128. The number of hydrogen-bond acceptors (Lipinski definition) is 4. The highest BCUT2D eigenvalue weighted by molar-refractivity contribution is 6.27. The number of halogens is 1. The fourth-order valence-corrected chi connectivity index (χ4v) is 2.70. The highest BCUT2D eigenvalue weighted by Gasteiger charge is 2.22. The van der Waals surface area contributed by atoms with Crippen molar-refractivity contribution in [2.24, 2.45) is 0 Å². The van der Waals surface area contributed by atoms with Crippen LogP contribution in [0.3, 0.4) is 0 Å². The predicted octanol–water partition coefficient (Wildman–Crippen LogP) is 1.35. The summed E-state index contributed by atoms with van der Waals surface area (Å²) in [4.78, 5) is 15.6. The van der Waals surface area contributed by atoms with Gasteiger partial charge in [-0.15, -0.1) is 11.6 Å². The van der Waals surface area contributed by atoms with Crippen LogP contribution in [0.25, 0.3) is 0 Å². The highest BCUT2D eigenvalue weighted by Crippen LogP contribution is 2.34. The minimum Gasteiger partial charge on any atom is -0.486 e. The summed E-state index contributed by atoms with van der Waals surface area (Å²) < 4.78 is 11.1. The zero-order valence-corrected chi connectivity index (χ0v) is 11.9. The Hall–Kier alpha value is -1.62. The van der Waals surface area contributed by atoms with Gasteiger partial charge in [-0.05, 0) is 12.1 Å². The van der Waals surface area contributed by atoms with E-state index >= 15 is 0 Å². The highest BCUT2D eigenvalue weighted by atomic mass is 35.5. The van der Waals surface area contributed by atoms with Crippen molar-refractivity contribution in [3.63, 3.8) is 0 Å². The van der Waals surface area contributed by atoms with E-state index in [0.29, 0.717) is 26.3 Å². The monoisotopic (exact) mass is 296 g/mol. The molecule has 0 atom stereocenters. The Balaban J connectivity index is 1.67. The summed E-state index contributed by atoms with van der Waals surface area (Å²) >= 11 is 5.58. The number of fused-ring (bicyclic) bond motifs is 1. The number of rotatable bonds is 2. The van der Waals surface area contributed by atoms with Gasteiger partial charge in [0.25, 0.3) is 0 Å². The molecule has 2 aliphatic heterocycles. The third-order valence-electron chi connectivity index (χ3n) is 3.64. The number of nitrogens with zero attached hydrogens (tertiary/aromatic N) is 2. The lowest BCUT2D eigenvalue weighted by Gasteiger charge is -2.36. The summed E-state index contributed by atoms with van der Waals surface area (Å²) in [5, 5.41) is 0. The molecule has 0 bridgehead atoms. The smallest absolute Gasteiger partial charge is 0.237 e. The van der Waals surface area contributed by atoms with E-state index in [9.17, 15) is 4.79 Å². The molecule has 1 aromatic carbocycles. The van der Waals surface area contributed by atoms with Gasteiger partial charge in [0.05, 0.1) is 0 Å². The lowest BCUT2D eigenvalue weighted by atomic mass is 10.2. The molecular formula is C14H17ClN2O3. The quantitative estimate of drug-likeness (QED) is 0.773. The van der Waals surface area contributed by atoms with Crippen LogP contribution in [0.4, 0.5) is 5.69 Å². The molecule has 0 spiro atoms. The second kappa shape index (κ2) is 5.79. The third kappa shape index (κ3) is 2.63. The molecule has 1 amide bonds. The number of ether oxygens (including phenoxy) is 2. The molecule has 1 aromatic rings. The van der Waals surface area contributed by atoms with Gasteiger partial charge in [-0.25, -0.2) is 0 Å². The number of anilines is 1. The fraction of sp³-hybridized carbons (Fsp3) is 0.500. The first kappa shape index (κ1) is 13.4. The van der Waals surface area contributed by atoms with Gasteiger partial charge in [-0.3, -0.25) is 4.79 Å². The van der Waals surface area contributed by atoms with Crippen LogP contribution in [0.5, 0.6) is 11.5 Å². The summed E-state index contributed by atoms with van der Waals surface area (Å²) in [7, 11) is 0. The van der Waals surface area contributed by atoms with Crippen LogP contribution >= 0.6 is 11.6 Å². The molecule has 0 aliphatic carbocycles. The number of amides is 1. The zero-order valence-electron chi connectivity index (χ0n) is 11.2. The Labute approximate surface area is 123 Å². The Bertz CT molecular complexity index is 501. The molecule has 0 aromatic heterocycles. The fourth-order valence-electron chi connectivity index (χ4n) is 2.53. The van der Waals surface area contributed by atoms with Gasteiger partial charge in [0.2, 0.25) is 5.91 Å². The van der Waals surface area contributed by atoms with Gasteiger partial charge in [-0.1, -0.05) is 0 Å². The van der Waals surface area contributed by atoms with Crippen molar-refractivity contribution >= 4 is 23.2 Å². The molecule has 2 aliphatic rings. The average molecular weight is 297 g/mol. The van der Waals surface area contributed by atoms with Crippen LogP contribution in [0.15, 0.2) is 18.2 Å². The zero-order chi connectivity index (χ0) is 13.9. The molecule has 5 nitrogen and oxygen atoms in total. The van der Waals surface area contributed by atoms with Crippen molar-refractivity contribution in [1.29, 1.82) is 0 Å². The van der Waals surface area contributed by atoms with Crippen molar-refractivity contribution in [1.82, 2.24) is 4.90 Å². The molecule has 6 heteroatoms. The molecule has 0 N–H and O–H groups in total. The van der Waals surface area contributed by atoms with E-state index in [1.807, 2.05) is 23.1 Å². The number of alkyl halides is 1. The first-order chi connectivity index (χ1) is 9.78. The van der Waals surface area contributed by atoms with Crippen molar-refractivity contribution in [2.45, 2.75) is 0 Å². The molecule has 0 radical (unpaired) electrons. The van der Waals surface area contributed by atoms with Gasteiger partial charge >= 0.3 is 0 Å². The van der Waals surface area contributed by atoms with E-state index in [1.165, 1.54) is 0 Å². The summed E-state index contributed by atoms with van der Waals surface area (Å²) in [5.74, 6) is 1.67. The Kier molecular flexibility index (Phi) is 3.87. The number of hydrogen-bond donors (Lipinski definition) is 0. The lowest BCUT2D eigenvalue weighted by Crippen LogP contribution is -2.49. The van der Waals surface area contributed by atoms with E-state index in [-0.39, 0.29) is 11.8 Å². The standard InChI is InChI=1S/C14H17ClN2O3/c15-10-14(18)17-5-3-16(4-6-17)11-1-2-12-13(9-11)20-8-7-19-12/h1-2,9H,3-8,10H2.